The van der Waals surface area contributed by atoms with Gasteiger partial charge in [0.1, 0.15) is 23.7 Å². The fourth-order valence-electron chi connectivity index (χ4n) is 4.29. The zero-order valence-corrected chi connectivity index (χ0v) is 27.2. The molecule has 2 atom stereocenters. The number of anilines is 1. The van der Waals surface area contributed by atoms with Gasteiger partial charge >= 0.3 is 0 Å². The van der Waals surface area contributed by atoms with Crippen molar-refractivity contribution in [1.29, 1.82) is 0 Å². The molecule has 3 rings (SSSR count). The van der Waals surface area contributed by atoms with Crippen LogP contribution in [0.1, 0.15) is 57.4 Å². The van der Waals surface area contributed by atoms with Crippen LogP contribution in [0.2, 0.25) is 0 Å². The number of imidazole rings is 1. The summed E-state index contributed by atoms with van der Waals surface area (Å²) < 4.78 is 13.7. The molecule has 4 N–H and O–H groups in total. The van der Waals surface area contributed by atoms with Crippen molar-refractivity contribution < 1.29 is 19.4 Å². The molecule has 0 aliphatic carbocycles. The molecule has 2 unspecified atom stereocenters. The van der Waals surface area contributed by atoms with E-state index in [1.54, 1.807) is 17.1 Å². The number of ether oxygens (including phenoxy) is 2. The number of aromatic nitrogens is 2. The Balaban J connectivity index is 0.00000330. The van der Waals surface area contributed by atoms with Crippen molar-refractivity contribution in [2.24, 2.45) is 0 Å². The van der Waals surface area contributed by atoms with Gasteiger partial charge in [-0.2, -0.15) is 0 Å². The molecule has 3 aromatic rings. The highest BCUT2D eigenvalue weighted by molar-refractivity contribution is 5.62. The van der Waals surface area contributed by atoms with Crippen LogP contribution in [0.5, 0.6) is 0 Å². The van der Waals surface area contributed by atoms with E-state index in [0.717, 1.165) is 30.1 Å². The van der Waals surface area contributed by atoms with Gasteiger partial charge in [0, 0.05) is 24.7 Å². The molecule has 0 amide bonds. The van der Waals surface area contributed by atoms with Gasteiger partial charge in [-0.25, -0.2) is 4.98 Å². The van der Waals surface area contributed by atoms with Crippen LogP contribution in [0, 0.1) is 6.92 Å². The van der Waals surface area contributed by atoms with E-state index in [0.29, 0.717) is 36.3 Å². The van der Waals surface area contributed by atoms with E-state index in [1.165, 1.54) is 0 Å². The molecule has 0 saturated carbocycles. The second-order valence-electron chi connectivity index (χ2n) is 11.9. The molecular weight excluding hydrogens is 554 g/mol. The highest BCUT2D eigenvalue weighted by Gasteiger charge is 2.27. The lowest BCUT2D eigenvalue weighted by molar-refractivity contribution is -0.109. The summed E-state index contributed by atoms with van der Waals surface area (Å²) in [7, 11) is 1.00. The third-order valence-electron chi connectivity index (χ3n) is 6.52. The lowest BCUT2D eigenvalue weighted by atomic mass is 10.0. The van der Waals surface area contributed by atoms with Crippen LogP contribution in [-0.2, 0) is 20.9 Å². The number of nitrogens with one attached hydrogen (secondary N) is 3. The predicted molar refractivity (Wildman–Crippen MR) is 178 cm³/mol. The minimum absolute atomic E-state index is 0.316. The van der Waals surface area contributed by atoms with Crippen molar-refractivity contribution in [3.63, 3.8) is 0 Å². The first kappa shape index (κ1) is 35.9. The summed E-state index contributed by atoms with van der Waals surface area (Å²) in [6.07, 6.45) is 4.34. The van der Waals surface area contributed by atoms with Gasteiger partial charge in [-0.15, -0.1) is 0 Å². The monoisotopic (exact) mass is 603 g/mol. The molecule has 9 heteroatoms. The zero-order chi connectivity index (χ0) is 32.9. The molecule has 0 radical (unpaired) electrons. The summed E-state index contributed by atoms with van der Waals surface area (Å²) in [6, 6.07) is 17.0. The van der Waals surface area contributed by atoms with Crippen LogP contribution >= 0.6 is 0 Å². The Morgan fingerprint density at radius 1 is 1.05 bits per heavy atom. The van der Waals surface area contributed by atoms with Gasteiger partial charge in [0.15, 0.2) is 5.88 Å². The summed E-state index contributed by atoms with van der Waals surface area (Å²) in [6.45, 7) is 25.3. The molecule has 0 saturated heterocycles. The van der Waals surface area contributed by atoms with Crippen LogP contribution in [0.15, 0.2) is 104 Å². The third-order valence-corrected chi connectivity index (χ3v) is 6.52. The predicted octanol–water partition coefficient (Wildman–Crippen LogP) is 5.86. The molecule has 238 valence electrons. The van der Waals surface area contributed by atoms with Crippen molar-refractivity contribution in [1.82, 2.24) is 20.2 Å². The van der Waals surface area contributed by atoms with Gasteiger partial charge in [0.2, 0.25) is 0 Å². The van der Waals surface area contributed by atoms with Crippen LogP contribution in [-0.4, -0.2) is 51.8 Å². The number of carbonyl (C=O) groups is 1. The van der Waals surface area contributed by atoms with Gasteiger partial charge in [0.05, 0.1) is 31.1 Å². The number of aryl methyl sites for hydroxylation is 1. The highest BCUT2D eigenvalue weighted by atomic mass is 16.5. The minimum Gasteiger partial charge on any atom is -0.474 e. The molecule has 0 fully saturated rings. The average Bonchev–Trinajstić information content (AvgIpc) is 3.41. The third kappa shape index (κ3) is 11.4. The molecule has 2 aromatic carbocycles. The zero-order valence-electron chi connectivity index (χ0n) is 27.2. The van der Waals surface area contributed by atoms with Gasteiger partial charge < -0.3 is 39.9 Å². The molecule has 0 bridgehead atoms. The van der Waals surface area contributed by atoms with Crippen molar-refractivity contribution in [3.05, 3.63) is 121 Å². The van der Waals surface area contributed by atoms with Crippen molar-refractivity contribution in [2.75, 3.05) is 19.0 Å². The second kappa shape index (κ2) is 16.5. The highest BCUT2D eigenvalue weighted by Crippen LogP contribution is 2.22. The average molecular weight is 604 g/mol. The molecule has 9 nitrogen and oxygen atoms in total. The first-order chi connectivity index (χ1) is 20.8. The van der Waals surface area contributed by atoms with Crippen molar-refractivity contribution >= 4 is 12.1 Å². The Morgan fingerprint density at radius 3 is 2.34 bits per heavy atom. The summed E-state index contributed by atoms with van der Waals surface area (Å²) in [5.41, 5.74) is 3.39. The van der Waals surface area contributed by atoms with E-state index in [2.05, 4.69) is 40.7 Å². The Morgan fingerprint density at radius 2 is 1.73 bits per heavy atom. The van der Waals surface area contributed by atoms with E-state index in [-0.39, 0.29) is 11.6 Å². The number of nitrogens with zero attached hydrogens (tertiary/aromatic N) is 2. The SMILES string of the molecule is C=C(NC(C)(C)C(=C)NC(COCc1ccccc1)C(=C)Nc1cn(C(C=O)c2cccc(C)c2)cn1)OC(C)(C)C.CO. The Kier molecular flexibility index (Phi) is 13.4. The van der Waals surface area contributed by atoms with Crippen LogP contribution in [0.25, 0.3) is 0 Å². The smallest absolute Gasteiger partial charge is 0.180 e. The molecule has 1 aromatic heterocycles. The molecule has 1 heterocycles. The fraction of sp³-hybridized carbons (Fsp3) is 0.371. The van der Waals surface area contributed by atoms with E-state index >= 15 is 0 Å². The first-order valence-corrected chi connectivity index (χ1v) is 14.5. The largest absolute Gasteiger partial charge is 0.474 e. The molecular formula is C35H49N5O4. The Hall–Kier alpha value is -4.34. The van der Waals surface area contributed by atoms with Crippen LogP contribution in [0.4, 0.5) is 5.82 Å². The number of carbonyl (C=O) groups excluding carboxylic acids is 1. The Bertz CT molecular complexity index is 1380. The van der Waals surface area contributed by atoms with Crippen LogP contribution < -0.4 is 16.0 Å². The number of aliphatic hydroxyl groups excluding tert-OH is 1. The molecule has 0 spiro atoms. The number of aldehydes is 1. The Labute approximate surface area is 262 Å². The molecule has 0 aliphatic rings. The van der Waals surface area contributed by atoms with Gasteiger partial charge in [-0.05, 0) is 59.2 Å². The topological polar surface area (TPSA) is 110 Å². The van der Waals surface area contributed by atoms with E-state index < -0.39 is 11.6 Å². The number of aliphatic hydroxyl groups is 1. The van der Waals surface area contributed by atoms with Gasteiger partial charge in [0.25, 0.3) is 0 Å². The lowest BCUT2D eigenvalue weighted by Crippen LogP contribution is -2.49. The summed E-state index contributed by atoms with van der Waals surface area (Å²) in [5, 5.41) is 17.1. The van der Waals surface area contributed by atoms with E-state index in [4.69, 9.17) is 14.6 Å². The summed E-state index contributed by atoms with van der Waals surface area (Å²) in [5.74, 6) is 1.01. The summed E-state index contributed by atoms with van der Waals surface area (Å²) >= 11 is 0. The van der Waals surface area contributed by atoms with Gasteiger partial charge in [-0.1, -0.05) is 73.3 Å². The summed E-state index contributed by atoms with van der Waals surface area (Å²) in [4.78, 5) is 16.5. The van der Waals surface area contributed by atoms with E-state index in [9.17, 15) is 4.79 Å². The second-order valence-corrected chi connectivity index (χ2v) is 11.9. The number of hydrogen-bond donors (Lipinski definition) is 4. The normalized spacial score (nSPS) is 12.5. The lowest BCUT2D eigenvalue weighted by Gasteiger charge is -2.35. The molecule has 0 aliphatic heterocycles. The standard InChI is InChI=1S/C34H45N5O3.CH4O/c1-24-14-13-17-29(18-24)31(20-40)39-19-32(35-23-39)36-25(2)30(22-41-21-28-15-11-10-12-16-28)37-26(3)34(8,9)38-27(4)42-33(5,6)7;1-2/h10-20,23,30-31,36-38H,2-4,21-22H2,1,5-9H3;2H,1H3. The quantitative estimate of drug-likeness (QED) is 0.119. The van der Waals surface area contributed by atoms with Gasteiger partial charge in [-0.3, -0.25) is 0 Å². The number of benzene rings is 2. The van der Waals surface area contributed by atoms with Crippen LogP contribution in [0.3, 0.4) is 0 Å². The maximum absolute atomic E-state index is 12.0. The maximum Gasteiger partial charge on any atom is 0.180 e. The van der Waals surface area contributed by atoms with Crippen molar-refractivity contribution in [2.45, 2.75) is 71.4 Å². The number of hydrogen-bond acceptors (Lipinski definition) is 8. The molecule has 44 heavy (non-hydrogen) atoms. The fourth-order valence-corrected chi connectivity index (χ4v) is 4.29. The maximum atomic E-state index is 12.0. The van der Waals surface area contributed by atoms with Crippen molar-refractivity contribution in [3.8, 4) is 0 Å². The van der Waals surface area contributed by atoms with E-state index in [1.807, 2.05) is 96.1 Å². The minimum atomic E-state index is -0.604. The first-order valence-electron chi connectivity index (χ1n) is 14.5. The number of rotatable bonds is 16.